The van der Waals surface area contributed by atoms with Gasteiger partial charge in [-0.3, -0.25) is 4.98 Å². The van der Waals surface area contributed by atoms with E-state index in [0.29, 0.717) is 34.8 Å². The molecule has 0 saturated carbocycles. The third kappa shape index (κ3) is 3.14. The summed E-state index contributed by atoms with van der Waals surface area (Å²) in [6.45, 7) is 2.12. The minimum atomic E-state index is -0.544. The highest BCUT2D eigenvalue weighted by atomic mass is 19.1. The largest absolute Gasteiger partial charge is 0.482 e. The lowest BCUT2D eigenvalue weighted by Gasteiger charge is -2.21. The summed E-state index contributed by atoms with van der Waals surface area (Å²) in [6, 6.07) is 12.0. The normalized spacial score (nSPS) is 14.7. The molecule has 1 atom stereocenters. The molecule has 0 amide bonds. The summed E-state index contributed by atoms with van der Waals surface area (Å²) in [7, 11) is 0. The van der Waals surface area contributed by atoms with E-state index >= 15 is 0 Å². The molecule has 152 valence electrons. The number of rotatable bonds is 0. The summed E-state index contributed by atoms with van der Waals surface area (Å²) >= 11 is 0. The van der Waals surface area contributed by atoms with Crippen molar-refractivity contribution in [1.29, 1.82) is 5.26 Å². The van der Waals surface area contributed by atoms with Gasteiger partial charge in [-0.1, -0.05) is 11.3 Å². The molecule has 31 heavy (non-hydrogen) atoms. The Hall–Kier alpha value is -4.32. The molecule has 1 aliphatic heterocycles. The fraction of sp³-hybridized carbons (Fsp3) is 0.136. The maximum atomic E-state index is 14.2. The van der Waals surface area contributed by atoms with Crippen molar-refractivity contribution < 1.29 is 9.13 Å². The Bertz CT molecular complexity index is 1360. The average Bonchev–Trinajstić information content (AvgIpc) is 3.17. The van der Waals surface area contributed by atoms with Gasteiger partial charge >= 0.3 is 0 Å². The predicted molar refractivity (Wildman–Crippen MR) is 110 cm³/mol. The van der Waals surface area contributed by atoms with Crippen molar-refractivity contribution in [2.75, 3.05) is 5.73 Å². The Balaban J connectivity index is 1.83. The molecular formula is C22H16FN7O. The van der Waals surface area contributed by atoms with Crippen LogP contribution in [0.5, 0.6) is 5.75 Å². The molecule has 3 aromatic heterocycles. The highest BCUT2D eigenvalue weighted by molar-refractivity contribution is 5.70. The standard InChI is InChI=1S/C22H16FN7O/c1-12-17-8-15(23)4-5-16(17)20-13(3-2-6-26-20)11-30-21(18(9-24)28-29-30)14-7-19(31-12)22(25)27-10-14/h2-8,10,12H,11H2,1H3,(H2,25,27). The molecule has 0 spiro atoms. The van der Waals surface area contributed by atoms with Crippen molar-refractivity contribution >= 4 is 5.82 Å². The Morgan fingerprint density at radius 1 is 1.26 bits per heavy atom. The lowest BCUT2D eigenvalue weighted by atomic mass is 9.96. The number of nitrogens with zero attached hydrogens (tertiary/aromatic N) is 6. The third-order valence-electron chi connectivity index (χ3n) is 5.22. The predicted octanol–water partition coefficient (Wildman–Crippen LogP) is 3.50. The van der Waals surface area contributed by atoms with Crippen LogP contribution in [-0.2, 0) is 6.54 Å². The number of ether oxygens (including phenoxy) is 1. The van der Waals surface area contributed by atoms with Crippen molar-refractivity contribution in [2.45, 2.75) is 19.6 Å². The maximum absolute atomic E-state index is 14.2. The lowest BCUT2D eigenvalue weighted by molar-refractivity contribution is 0.227. The molecule has 0 radical (unpaired) electrons. The molecule has 2 bridgehead atoms. The second-order valence-electron chi connectivity index (χ2n) is 7.17. The zero-order valence-electron chi connectivity index (χ0n) is 16.5. The maximum Gasteiger partial charge on any atom is 0.190 e. The number of benzene rings is 1. The summed E-state index contributed by atoms with van der Waals surface area (Å²) in [6.07, 6.45) is 2.68. The second-order valence-corrected chi connectivity index (χ2v) is 7.17. The first-order valence-corrected chi connectivity index (χ1v) is 9.55. The third-order valence-corrected chi connectivity index (χ3v) is 5.22. The number of nitrogens with two attached hydrogens (primary N) is 1. The van der Waals surface area contributed by atoms with E-state index in [4.69, 9.17) is 10.5 Å². The molecule has 1 aromatic carbocycles. The smallest absolute Gasteiger partial charge is 0.190 e. The number of fused-ring (bicyclic) bond motifs is 7. The highest BCUT2D eigenvalue weighted by Crippen LogP contribution is 2.37. The lowest BCUT2D eigenvalue weighted by Crippen LogP contribution is -2.12. The zero-order chi connectivity index (χ0) is 21.5. The molecule has 5 rings (SSSR count). The monoisotopic (exact) mass is 413 g/mol. The van der Waals surface area contributed by atoms with E-state index in [1.807, 2.05) is 19.1 Å². The van der Waals surface area contributed by atoms with Crippen LogP contribution < -0.4 is 10.5 Å². The van der Waals surface area contributed by atoms with Crippen LogP contribution in [0.4, 0.5) is 10.2 Å². The number of pyridine rings is 2. The van der Waals surface area contributed by atoms with Crippen molar-refractivity contribution in [2.24, 2.45) is 0 Å². The van der Waals surface area contributed by atoms with Crippen LogP contribution >= 0.6 is 0 Å². The van der Waals surface area contributed by atoms with Gasteiger partial charge in [-0.25, -0.2) is 14.1 Å². The van der Waals surface area contributed by atoms with Crippen LogP contribution in [0.25, 0.3) is 22.5 Å². The number of halogens is 1. The molecule has 4 aromatic rings. The Labute approximate surface area is 176 Å². The SMILES string of the molecule is CC1Oc2cc(cnc2N)-c2c(C#N)nnn2Cc2cccnc2-c2ccc(F)cc21. The van der Waals surface area contributed by atoms with Crippen molar-refractivity contribution in [3.8, 4) is 34.3 Å². The minimum absolute atomic E-state index is 0.163. The van der Waals surface area contributed by atoms with Gasteiger partial charge in [0.1, 0.15) is 23.7 Å². The Kier molecular flexibility index (Phi) is 4.33. The molecule has 1 unspecified atom stereocenters. The first-order chi connectivity index (χ1) is 15.0. The summed E-state index contributed by atoms with van der Waals surface area (Å²) in [5.74, 6) is 0.121. The van der Waals surface area contributed by atoms with E-state index < -0.39 is 6.10 Å². The van der Waals surface area contributed by atoms with Gasteiger partial charge in [0.05, 0.1) is 12.2 Å². The Morgan fingerprint density at radius 3 is 2.97 bits per heavy atom. The number of hydrogen-bond donors (Lipinski definition) is 1. The van der Waals surface area contributed by atoms with E-state index in [9.17, 15) is 9.65 Å². The van der Waals surface area contributed by atoms with Crippen molar-refractivity contribution in [3.63, 3.8) is 0 Å². The first kappa shape index (κ1) is 18.7. The summed E-state index contributed by atoms with van der Waals surface area (Å²) in [5.41, 5.74) is 10.2. The average molecular weight is 413 g/mol. The number of anilines is 1. The molecule has 0 fully saturated rings. The number of hydrogen-bond acceptors (Lipinski definition) is 7. The Morgan fingerprint density at radius 2 is 2.13 bits per heavy atom. The molecule has 4 heterocycles. The second kappa shape index (κ2) is 7.18. The molecule has 8 nitrogen and oxygen atoms in total. The van der Waals surface area contributed by atoms with Gasteiger partial charge in [-0.15, -0.1) is 5.10 Å². The van der Waals surface area contributed by atoms with E-state index in [-0.39, 0.29) is 17.3 Å². The van der Waals surface area contributed by atoms with E-state index in [1.165, 1.54) is 12.1 Å². The van der Waals surface area contributed by atoms with E-state index in [1.54, 1.807) is 29.2 Å². The molecule has 9 heteroatoms. The van der Waals surface area contributed by atoms with Crippen LogP contribution in [-0.4, -0.2) is 25.0 Å². The van der Waals surface area contributed by atoms with E-state index in [0.717, 1.165) is 11.1 Å². The first-order valence-electron chi connectivity index (χ1n) is 9.55. The fourth-order valence-electron chi connectivity index (χ4n) is 3.77. The van der Waals surface area contributed by atoms with Crippen LogP contribution in [0.15, 0.2) is 48.8 Å². The molecular weight excluding hydrogens is 397 g/mol. The quantitative estimate of drug-likeness (QED) is 0.469. The summed E-state index contributed by atoms with van der Waals surface area (Å²) in [4.78, 5) is 8.78. The molecule has 1 aliphatic rings. The van der Waals surface area contributed by atoms with Gasteiger partial charge in [-0.2, -0.15) is 5.26 Å². The molecule has 0 saturated heterocycles. The van der Waals surface area contributed by atoms with Gasteiger partial charge in [-0.05, 0) is 42.8 Å². The number of aromatic nitrogens is 5. The summed E-state index contributed by atoms with van der Waals surface area (Å²) < 4.78 is 21.9. The van der Waals surface area contributed by atoms with Gasteiger partial charge in [0.25, 0.3) is 0 Å². The van der Waals surface area contributed by atoms with Crippen molar-refractivity contribution in [3.05, 3.63) is 71.4 Å². The van der Waals surface area contributed by atoms with Crippen molar-refractivity contribution in [1.82, 2.24) is 25.0 Å². The van der Waals surface area contributed by atoms with Gasteiger partial charge < -0.3 is 10.5 Å². The summed E-state index contributed by atoms with van der Waals surface area (Å²) in [5, 5.41) is 17.7. The molecule has 0 aliphatic carbocycles. The van der Waals surface area contributed by atoms with Crippen LogP contribution in [0.3, 0.4) is 0 Å². The van der Waals surface area contributed by atoms with Gasteiger partial charge in [0.2, 0.25) is 0 Å². The minimum Gasteiger partial charge on any atom is -0.482 e. The topological polar surface area (TPSA) is 116 Å². The highest BCUT2D eigenvalue weighted by Gasteiger charge is 2.23. The molecule has 2 N–H and O–H groups in total. The van der Waals surface area contributed by atoms with Crippen LogP contribution in [0, 0.1) is 17.1 Å². The van der Waals surface area contributed by atoms with Gasteiger partial charge in [0.15, 0.2) is 17.3 Å². The van der Waals surface area contributed by atoms with Crippen LogP contribution in [0.1, 0.15) is 29.8 Å². The van der Waals surface area contributed by atoms with Gasteiger partial charge in [0, 0.05) is 29.1 Å². The van der Waals surface area contributed by atoms with Crippen LogP contribution in [0.2, 0.25) is 0 Å². The fourth-order valence-corrected chi connectivity index (χ4v) is 3.77. The zero-order valence-corrected chi connectivity index (χ0v) is 16.5. The van der Waals surface area contributed by atoms with E-state index in [2.05, 4.69) is 26.3 Å². The number of nitriles is 1. The number of nitrogen functional groups attached to an aromatic ring is 1.